The first-order chi connectivity index (χ1) is 6.86. The standard InChI is InChI=1S/C10H12N2OS/c13-9(10-2-1-7-14-10)3-5-12-6-4-11-8-12/h1-2,4,6-9,13H,3,5H2/t9-/m1/s1. The molecule has 3 nitrogen and oxygen atoms in total. The van der Waals surface area contributed by atoms with Crippen LogP contribution in [0.3, 0.4) is 0 Å². The quantitative estimate of drug-likeness (QED) is 0.835. The maximum Gasteiger partial charge on any atom is 0.0945 e. The van der Waals surface area contributed by atoms with Crippen LogP contribution >= 0.6 is 11.3 Å². The van der Waals surface area contributed by atoms with Gasteiger partial charge in [0, 0.05) is 23.8 Å². The number of hydrogen-bond acceptors (Lipinski definition) is 3. The van der Waals surface area contributed by atoms with Crippen molar-refractivity contribution in [2.75, 3.05) is 0 Å². The highest BCUT2D eigenvalue weighted by molar-refractivity contribution is 7.10. The van der Waals surface area contributed by atoms with E-state index < -0.39 is 0 Å². The van der Waals surface area contributed by atoms with Gasteiger partial charge in [0.2, 0.25) is 0 Å². The fraction of sp³-hybridized carbons (Fsp3) is 0.300. The molecule has 1 N–H and O–H groups in total. The van der Waals surface area contributed by atoms with Gasteiger partial charge >= 0.3 is 0 Å². The second kappa shape index (κ2) is 4.39. The lowest BCUT2D eigenvalue weighted by Gasteiger charge is -2.08. The topological polar surface area (TPSA) is 38.0 Å². The molecule has 74 valence electrons. The molecule has 14 heavy (non-hydrogen) atoms. The number of rotatable bonds is 4. The molecule has 0 saturated heterocycles. The Balaban J connectivity index is 1.87. The first-order valence-corrected chi connectivity index (χ1v) is 5.41. The lowest BCUT2D eigenvalue weighted by molar-refractivity contribution is 0.165. The highest BCUT2D eigenvalue weighted by atomic mass is 32.1. The van der Waals surface area contributed by atoms with Crippen LogP contribution in [0.2, 0.25) is 0 Å². The molecule has 0 aliphatic rings. The van der Waals surface area contributed by atoms with Crippen molar-refractivity contribution < 1.29 is 5.11 Å². The predicted octanol–water partition coefficient (Wildman–Crippen LogP) is 2.07. The van der Waals surface area contributed by atoms with Crippen LogP contribution in [0, 0.1) is 0 Å². The molecule has 4 heteroatoms. The molecule has 0 saturated carbocycles. The van der Waals surface area contributed by atoms with Crippen molar-refractivity contribution in [3.63, 3.8) is 0 Å². The van der Waals surface area contributed by atoms with Crippen LogP contribution in [0.25, 0.3) is 0 Å². The largest absolute Gasteiger partial charge is 0.388 e. The van der Waals surface area contributed by atoms with E-state index in [9.17, 15) is 5.11 Å². The van der Waals surface area contributed by atoms with E-state index in [2.05, 4.69) is 4.98 Å². The monoisotopic (exact) mass is 208 g/mol. The molecule has 2 heterocycles. The SMILES string of the molecule is O[C@H](CCn1ccnc1)c1cccs1. The minimum Gasteiger partial charge on any atom is -0.388 e. The molecule has 0 aliphatic carbocycles. The van der Waals surface area contributed by atoms with Crippen molar-refractivity contribution in [3.8, 4) is 0 Å². The number of imidazole rings is 1. The van der Waals surface area contributed by atoms with E-state index in [-0.39, 0.29) is 6.10 Å². The molecule has 0 spiro atoms. The predicted molar refractivity (Wildman–Crippen MR) is 56.1 cm³/mol. The van der Waals surface area contributed by atoms with Crippen molar-refractivity contribution in [1.29, 1.82) is 0 Å². The van der Waals surface area contributed by atoms with Gasteiger partial charge in [0.15, 0.2) is 0 Å². The number of thiophene rings is 1. The molecule has 2 aromatic heterocycles. The Morgan fingerprint density at radius 1 is 1.57 bits per heavy atom. The number of hydrogen-bond donors (Lipinski definition) is 1. The smallest absolute Gasteiger partial charge is 0.0945 e. The van der Waals surface area contributed by atoms with Gasteiger partial charge in [0.25, 0.3) is 0 Å². The summed E-state index contributed by atoms with van der Waals surface area (Å²) in [5.74, 6) is 0. The summed E-state index contributed by atoms with van der Waals surface area (Å²) in [6, 6.07) is 3.92. The Morgan fingerprint density at radius 2 is 2.50 bits per heavy atom. The fourth-order valence-electron chi connectivity index (χ4n) is 1.31. The van der Waals surface area contributed by atoms with Gasteiger partial charge in [-0.2, -0.15) is 0 Å². The van der Waals surface area contributed by atoms with Crippen LogP contribution in [0.4, 0.5) is 0 Å². The molecule has 2 rings (SSSR count). The van der Waals surface area contributed by atoms with Gasteiger partial charge in [-0.05, 0) is 17.9 Å². The summed E-state index contributed by atoms with van der Waals surface area (Å²) in [5, 5.41) is 11.8. The van der Waals surface area contributed by atoms with E-state index in [1.807, 2.05) is 28.3 Å². The van der Waals surface area contributed by atoms with Gasteiger partial charge in [0.1, 0.15) is 0 Å². The molecule has 0 radical (unpaired) electrons. The number of aliphatic hydroxyl groups excluding tert-OH is 1. The zero-order valence-electron chi connectivity index (χ0n) is 7.71. The molecule has 2 aromatic rings. The number of nitrogens with zero attached hydrogens (tertiary/aromatic N) is 2. The Bertz CT molecular complexity index is 355. The summed E-state index contributed by atoms with van der Waals surface area (Å²) in [6.07, 6.45) is 5.80. The van der Waals surface area contributed by atoms with Crippen LogP contribution in [0.1, 0.15) is 17.4 Å². The third kappa shape index (κ3) is 2.21. The average Bonchev–Trinajstić information content (AvgIpc) is 2.87. The van der Waals surface area contributed by atoms with Gasteiger partial charge in [-0.1, -0.05) is 6.07 Å². The molecule has 0 amide bonds. The zero-order valence-corrected chi connectivity index (χ0v) is 8.52. The molecule has 0 bridgehead atoms. The summed E-state index contributed by atoms with van der Waals surface area (Å²) in [7, 11) is 0. The third-order valence-corrected chi connectivity index (χ3v) is 3.07. The van der Waals surface area contributed by atoms with Crippen LogP contribution in [-0.2, 0) is 6.54 Å². The molecule has 0 fully saturated rings. The van der Waals surface area contributed by atoms with Gasteiger partial charge < -0.3 is 9.67 Å². The summed E-state index contributed by atoms with van der Waals surface area (Å²) in [5.41, 5.74) is 0. The van der Waals surface area contributed by atoms with Gasteiger partial charge in [-0.3, -0.25) is 0 Å². The van der Waals surface area contributed by atoms with Gasteiger partial charge in [0.05, 0.1) is 12.4 Å². The van der Waals surface area contributed by atoms with Crippen molar-refractivity contribution in [2.45, 2.75) is 19.1 Å². The molecular weight excluding hydrogens is 196 g/mol. The van der Waals surface area contributed by atoms with Crippen molar-refractivity contribution >= 4 is 11.3 Å². The number of aromatic nitrogens is 2. The zero-order chi connectivity index (χ0) is 9.80. The van der Waals surface area contributed by atoms with E-state index in [0.717, 1.165) is 17.8 Å². The van der Waals surface area contributed by atoms with Crippen molar-refractivity contribution in [3.05, 3.63) is 41.1 Å². The third-order valence-electron chi connectivity index (χ3n) is 2.09. The number of aryl methyl sites for hydroxylation is 1. The van der Waals surface area contributed by atoms with Crippen molar-refractivity contribution in [2.24, 2.45) is 0 Å². The summed E-state index contributed by atoms with van der Waals surface area (Å²) in [4.78, 5) is 4.98. The Hall–Kier alpha value is -1.13. The molecule has 0 unspecified atom stereocenters. The maximum atomic E-state index is 9.78. The van der Waals surface area contributed by atoms with Crippen LogP contribution in [0.5, 0.6) is 0 Å². The van der Waals surface area contributed by atoms with Gasteiger partial charge in [-0.25, -0.2) is 4.98 Å². The van der Waals surface area contributed by atoms with E-state index in [4.69, 9.17) is 0 Å². The van der Waals surface area contributed by atoms with Gasteiger partial charge in [-0.15, -0.1) is 11.3 Å². The van der Waals surface area contributed by atoms with Crippen molar-refractivity contribution in [1.82, 2.24) is 9.55 Å². The van der Waals surface area contributed by atoms with E-state index in [1.54, 1.807) is 23.9 Å². The van der Waals surface area contributed by atoms with Crippen LogP contribution < -0.4 is 0 Å². The average molecular weight is 208 g/mol. The highest BCUT2D eigenvalue weighted by Gasteiger charge is 2.07. The molecular formula is C10H12N2OS. The Kier molecular flexibility index (Phi) is 2.96. The first kappa shape index (κ1) is 9.43. The minimum atomic E-state index is -0.350. The first-order valence-electron chi connectivity index (χ1n) is 4.53. The fourth-order valence-corrected chi connectivity index (χ4v) is 2.06. The second-order valence-corrected chi connectivity index (χ2v) is 4.10. The summed E-state index contributed by atoms with van der Waals surface area (Å²) in [6.45, 7) is 0.805. The van der Waals surface area contributed by atoms with Crippen LogP contribution in [0.15, 0.2) is 36.2 Å². The van der Waals surface area contributed by atoms with Crippen LogP contribution in [-0.4, -0.2) is 14.7 Å². The molecule has 0 aliphatic heterocycles. The maximum absolute atomic E-state index is 9.78. The highest BCUT2D eigenvalue weighted by Crippen LogP contribution is 2.21. The number of aliphatic hydroxyl groups is 1. The minimum absolute atomic E-state index is 0.350. The second-order valence-electron chi connectivity index (χ2n) is 3.12. The Morgan fingerprint density at radius 3 is 3.14 bits per heavy atom. The summed E-state index contributed by atoms with van der Waals surface area (Å²) < 4.78 is 1.97. The molecule has 0 aromatic carbocycles. The summed E-state index contributed by atoms with van der Waals surface area (Å²) >= 11 is 1.59. The molecule has 1 atom stereocenters. The Labute approximate surface area is 86.7 Å². The lowest BCUT2D eigenvalue weighted by atomic mass is 10.2. The van der Waals surface area contributed by atoms with E-state index in [0.29, 0.717) is 0 Å². The van der Waals surface area contributed by atoms with E-state index in [1.165, 1.54) is 0 Å². The normalized spacial score (nSPS) is 12.9. The van der Waals surface area contributed by atoms with E-state index >= 15 is 0 Å². The lowest BCUT2D eigenvalue weighted by Crippen LogP contribution is -2.01.